The van der Waals surface area contributed by atoms with Gasteiger partial charge in [0, 0.05) is 5.69 Å². The number of benzene rings is 2. The summed E-state index contributed by atoms with van der Waals surface area (Å²) in [5, 5.41) is 11.7. The number of aryl methyl sites for hydroxylation is 3. The Kier molecular flexibility index (Phi) is 3.01. The van der Waals surface area contributed by atoms with Gasteiger partial charge in [0.1, 0.15) is 6.33 Å². The molecule has 1 N–H and O–H groups in total. The highest BCUT2D eigenvalue weighted by Gasteiger charge is 2.12. The molecule has 4 aromatic rings. The number of nitrogens with one attached hydrogen (secondary N) is 1. The molecule has 0 saturated heterocycles. The number of rotatable bonds is 2. The van der Waals surface area contributed by atoms with Gasteiger partial charge in [-0.05, 0) is 49.6 Å². The van der Waals surface area contributed by atoms with Crippen LogP contribution in [0.2, 0.25) is 0 Å². The molecule has 0 aliphatic carbocycles. The van der Waals surface area contributed by atoms with Gasteiger partial charge in [0.25, 0.3) is 0 Å². The van der Waals surface area contributed by atoms with Crippen molar-refractivity contribution in [3.63, 3.8) is 0 Å². The lowest BCUT2D eigenvalue weighted by Crippen LogP contribution is -2.02. The lowest BCUT2D eigenvalue weighted by Gasteiger charge is -2.13. The molecule has 114 valence electrons. The van der Waals surface area contributed by atoms with Crippen molar-refractivity contribution in [3.05, 3.63) is 59.4 Å². The Bertz CT molecular complexity index is 1010. The molecule has 0 unspecified atom stereocenters. The largest absolute Gasteiger partial charge is 0.337 e. The number of hydrogen-bond acceptors (Lipinski definition) is 4. The second-order valence-corrected chi connectivity index (χ2v) is 5.87. The van der Waals surface area contributed by atoms with Crippen molar-refractivity contribution in [2.45, 2.75) is 20.8 Å². The molecule has 0 atom stereocenters. The molecular formula is C18H17N5. The fraction of sp³-hybridized carbons (Fsp3) is 0.167. The molecule has 0 radical (unpaired) electrons. The quantitative estimate of drug-likeness (QED) is 0.609. The van der Waals surface area contributed by atoms with E-state index in [0.717, 1.165) is 28.2 Å². The molecule has 0 fully saturated rings. The van der Waals surface area contributed by atoms with Crippen molar-refractivity contribution >= 4 is 28.2 Å². The molecule has 0 aliphatic rings. The van der Waals surface area contributed by atoms with Crippen LogP contribution in [0.1, 0.15) is 16.7 Å². The minimum absolute atomic E-state index is 0.719. The number of aromatic nitrogens is 4. The maximum Gasteiger partial charge on any atom is 0.204 e. The number of hydrogen-bond donors (Lipinski definition) is 1. The molecule has 0 saturated carbocycles. The second-order valence-electron chi connectivity index (χ2n) is 5.87. The maximum absolute atomic E-state index is 4.76. The topological polar surface area (TPSA) is 55.1 Å². The van der Waals surface area contributed by atoms with E-state index in [0.29, 0.717) is 0 Å². The molecule has 0 spiro atoms. The molecular weight excluding hydrogens is 286 g/mol. The zero-order chi connectivity index (χ0) is 16.0. The van der Waals surface area contributed by atoms with Crippen LogP contribution in [0.4, 0.5) is 11.5 Å². The number of anilines is 2. The van der Waals surface area contributed by atoms with Crippen LogP contribution >= 0.6 is 0 Å². The molecule has 0 bridgehead atoms. The molecule has 0 aliphatic heterocycles. The minimum Gasteiger partial charge on any atom is -0.337 e. The van der Waals surface area contributed by atoms with E-state index in [1.54, 1.807) is 6.33 Å². The van der Waals surface area contributed by atoms with E-state index < -0.39 is 0 Å². The SMILES string of the molecule is Cc1ccc2nc(Nc3c(C)cccc3C)c3nncn3c2c1. The lowest BCUT2D eigenvalue weighted by molar-refractivity contribution is 1.11. The van der Waals surface area contributed by atoms with E-state index in [1.165, 1.54) is 16.7 Å². The molecule has 2 heterocycles. The van der Waals surface area contributed by atoms with Crippen molar-refractivity contribution in [2.24, 2.45) is 0 Å². The third kappa shape index (κ3) is 2.21. The van der Waals surface area contributed by atoms with E-state index in [2.05, 4.69) is 66.6 Å². The van der Waals surface area contributed by atoms with Crippen LogP contribution in [0.15, 0.2) is 42.7 Å². The third-order valence-electron chi connectivity index (χ3n) is 4.11. The van der Waals surface area contributed by atoms with Gasteiger partial charge in [0.05, 0.1) is 11.0 Å². The van der Waals surface area contributed by atoms with E-state index in [9.17, 15) is 0 Å². The predicted molar refractivity (Wildman–Crippen MR) is 92.2 cm³/mol. The van der Waals surface area contributed by atoms with Crippen LogP contribution in [-0.2, 0) is 0 Å². The van der Waals surface area contributed by atoms with E-state index in [1.807, 2.05) is 10.5 Å². The van der Waals surface area contributed by atoms with Gasteiger partial charge < -0.3 is 5.32 Å². The lowest BCUT2D eigenvalue weighted by atomic mass is 10.1. The Morgan fingerprint density at radius 2 is 1.78 bits per heavy atom. The van der Waals surface area contributed by atoms with Gasteiger partial charge in [-0.25, -0.2) is 4.98 Å². The standard InChI is InChI=1S/C18H17N5/c1-11-7-8-14-15(9-11)23-10-19-22-18(23)17(20-14)21-16-12(2)5-4-6-13(16)3/h4-10H,1-3H3,(H,20,21). The van der Waals surface area contributed by atoms with Gasteiger partial charge in [0.2, 0.25) is 5.65 Å². The van der Waals surface area contributed by atoms with Crippen LogP contribution in [0.25, 0.3) is 16.7 Å². The van der Waals surface area contributed by atoms with Crippen molar-refractivity contribution in [2.75, 3.05) is 5.32 Å². The first-order valence-electron chi connectivity index (χ1n) is 7.57. The van der Waals surface area contributed by atoms with Gasteiger partial charge in [-0.3, -0.25) is 4.40 Å². The summed E-state index contributed by atoms with van der Waals surface area (Å²) in [5.41, 5.74) is 7.25. The zero-order valence-corrected chi connectivity index (χ0v) is 13.3. The Hall–Kier alpha value is -2.95. The van der Waals surface area contributed by atoms with Crippen molar-refractivity contribution in [1.29, 1.82) is 0 Å². The first-order chi connectivity index (χ1) is 11.1. The van der Waals surface area contributed by atoms with Crippen molar-refractivity contribution < 1.29 is 0 Å². The summed E-state index contributed by atoms with van der Waals surface area (Å²) < 4.78 is 1.98. The normalized spacial score (nSPS) is 11.3. The van der Waals surface area contributed by atoms with Crippen LogP contribution < -0.4 is 5.32 Å². The van der Waals surface area contributed by atoms with E-state index in [-0.39, 0.29) is 0 Å². The third-order valence-corrected chi connectivity index (χ3v) is 4.11. The van der Waals surface area contributed by atoms with Crippen molar-refractivity contribution in [3.8, 4) is 0 Å². The van der Waals surface area contributed by atoms with Gasteiger partial charge in [-0.15, -0.1) is 10.2 Å². The van der Waals surface area contributed by atoms with E-state index >= 15 is 0 Å². The summed E-state index contributed by atoms with van der Waals surface area (Å²) in [6.07, 6.45) is 1.73. The monoisotopic (exact) mass is 303 g/mol. The predicted octanol–water partition coefficient (Wildman–Crippen LogP) is 3.95. The highest BCUT2D eigenvalue weighted by Crippen LogP contribution is 2.27. The van der Waals surface area contributed by atoms with Crippen LogP contribution in [0.3, 0.4) is 0 Å². The van der Waals surface area contributed by atoms with Gasteiger partial charge >= 0.3 is 0 Å². The summed E-state index contributed by atoms with van der Waals surface area (Å²) in [7, 11) is 0. The van der Waals surface area contributed by atoms with Crippen LogP contribution in [-0.4, -0.2) is 19.6 Å². The summed E-state index contributed by atoms with van der Waals surface area (Å²) in [6.45, 7) is 6.24. The molecule has 2 aromatic heterocycles. The van der Waals surface area contributed by atoms with E-state index in [4.69, 9.17) is 4.98 Å². The first kappa shape index (κ1) is 13.7. The van der Waals surface area contributed by atoms with Crippen LogP contribution in [0, 0.1) is 20.8 Å². The fourth-order valence-electron chi connectivity index (χ4n) is 2.88. The smallest absolute Gasteiger partial charge is 0.204 e. The zero-order valence-electron chi connectivity index (χ0n) is 13.3. The highest BCUT2D eigenvalue weighted by atomic mass is 15.3. The average molecular weight is 303 g/mol. The van der Waals surface area contributed by atoms with Crippen molar-refractivity contribution in [1.82, 2.24) is 19.6 Å². The number of nitrogens with zero attached hydrogens (tertiary/aromatic N) is 4. The molecule has 2 aromatic carbocycles. The van der Waals surface area contributed by atoms with Crippen LogP contribution in [0.5, 0.6) is 0 Å². The summed E-state index contributed by atoms with van der Waals surface area (Å²) in [5.74, 6) is 0.719. The van der Waals surface area contributed by atoms with Gasteiger partial charge in [0.15, 0.2) is 5.82 Å². The summed E-state index contributed by atoms with van der Waals surface area (Å²) >= 11 is 0. The number of para-hydroxylation sites is 1. The fourth-order valence-corrected chi connectivity index (χ4v) is 2.88. The Labute approximate surface area is 134 Å². The first-order valence-corrected chi connectivity index (χ1v) is 7.57. The number of fused-ring (bicyclic) bond motifs is 3. The highest BCUT2D eigenvalue weighted by molar-refractivity contribution is 5.85. The molecule has 5 heteroatoms. The second kappa shape index (κ2) is 5.05. The molecule has 23 heavy (non-hydrogen) atoms. The summed E-state index contributed by atoms with van der Waals surface area (Å²) in [4.78, 5) is 4.76. The molecule has 0 amide bonds. The Morgan fingerprint density at radius 1 is 1.00 bits per heavy atom. The Morgan fingerprint density at radius 3 is 2.57 bits per heavy atom. The maximum atomic E-state index is 4.76. The summed E-state index contributed by atoms with van der Waals surface area (Å²) in [6, 6.07) is 12.4. The van der Waals surface area contributed by atoms with Gasteiger partial charge in [-0.1, -0.05) is 24.3 Å². The van der Waals surface area contributed by atoms with Gasteiger partial charge in [-0.2, -0.15) is 0 Å². The average Bonchev–Trinajstić information content (AvgIpc) is 3.01. The minimum atomic E-state index is 0.719. The molecule has 4 rings (SSSR count). The molecule has 5 nitrogen and oxygen atoms in total. The Balaban J connectivity index is 1.96.